The number of carbonyl (C=O) groups excluding carboxylic acids is 1. The van der Waals surface area contributed by atoms with Crippen LogP contribution in [0.25, 0.3) is 0 Å². The molecule has 0 fully saturated rings. The fourth-order valence-corrected chi connectivity index (χ4v) is 2.02. The van der Waals surface area contributed by atoms with Gasteiger partial charge in [0.15, 0.2) is 0 Å². The van der Waals surface area contributed by atoms with Crippen molar-refractivity contribution in [3.63, 3.8) is 0 Å². The number of anilines is 1. The van der Waals surface area contributed by atoms with Crippen molar-refractivity contribution in [1.29, 1.82) is 0 Å². The Balaban J connectivity index is 2.20. The number of halogens is 2. The van der Waals surface area contributed by atoms with E-state index < -0.39 is 5.91 Å². The summed E-state index contributed by atoms with van der Waals surface area (Å²) in [5, 5.41) is 7.37. The van der Waals surface area contributed by atoms with Gasteiger partial charge in [0.05, 0.1) is 11.2 Å². The molecule has 2 aromatic rings. The highest BCUT2D eigenvalue weighted by atomic mass is 35.5. The third-order valence-electron chi connectivity index (χ3n) is 2.52. The standard InChI is InChI=1S/C13H14Cl2N4O/c1-8(2)7-19-11(5-6-16-19)18-13(20)12-9(14)3-4-10(15)17-12/h3-6,8H,7H2,1-2H3,(H,18,20). The van der Waals surface area contributed by atoms with Crippen LogP contribution in [0.1, 0.15) is 24.3 Å². The first-order valence-corrected chi connectivity index (χ1v) is 6.88. The van der Waals surface area contributed by atoms with Gasteiger partial charge in [-0.15, -0.1) is 0 Å². The predicted octanol–water partition coefficient (Wildman–Crippen LogP) is 3.49. The molecule has 106 valence electrons. The van der Waals surface area contributed by atoms with Gasteiger partial charge >= 0.3 is 0 Å². The highest BCUT2D eigenvalue weighted by molar-refractivity contribution is 6.35. The zero-order chi connectivity index (χ0) is 14.7. The van der Waals surface area contributed by atoms with Gasteiger partial charge in [-0.2, -0.15) is 5.10 Å². The normalized spacial score (nSPS) is 10.8. The average molecular weight is 313 g/mol. The Morgan fingerprint density at radius 2 is 2.10 bits per heavy atom. The average Bonchev–Trinajstić information content (AvgIpc) is 2.78. The maximum atomic E-state index is 12.2. The van der Waals surface area contributed by atoms with Gasteiger partial charge in [-0.05, 0) is 18.1 Å². The molecule has 0 aromatic carbocycles. The summed E-state index contributed by atoms with van der Waals surface area (Å²) in [6.45, 7) is 4.85. The molecule has 0 radical (unpaired) electrons. The lowest BCUT2D eigenvalue weighted by atomic mass is 10.2. The monoisotopic (exact) mass is 312 g/mol. The molecule has 5 nitrogen and oxygen atoms in total. The first kappa shape index (κ1) is 14.8. The summed E-state index contributed by atoms with van der Waals surface area (Å²) in [7, 11) is 0. The van der Waals surface area contributed by atoms with Gasteiger partial charge in [0, 0.05) is 12.6 Å². The van der Waals surface area contributed by atoms with Crippen molar-refractivity contribution in [2.24, 2.45) is 5.92 Å². The molecule has 0 bridgehead atoms. The van der Waals surface area contributed by atoms with Crippen LogP contribution in [0.5, 0.6) is 0 Å². The van der Waals surface area contributed by atoms with Crippen molar-refractivity contribution in [3.05, 3.63) is 40.3 Å². The lowest BCUT2D eigenvalue weighted by molar-refractivity contribution is 0.102. The van der Waals surface area contributed by atoms with Gasteiger partial charge in [0.2, 0.25) is 0 Å². The van der Waals surface area contributed by atoms with Crippen LogP contribution >= 0.6 is 23.2 Å². The minimum Gasteiger partial charge on any atom is -0.305 e. The van der Waals surface area contributed by atoms with E-state index in [1.807, 2.05) is 0 Å². The van der Waals surface area contributed by atoms with E-state index in [4.69, 9.17) is 23.2 Å². The molecule has 7 heteroatoms. The highest BCUT2D eigenvalue weighted by Gasteiger charge is 2.15. The second-order valence-electron chi connectivity index (χ2n) is 4.71. The molecular formula is C13H14Cl2N4O. The number of hydrogen-bond donors (Lipinski definition) is 1. The molecule has 2 rings (SSSR count). The molecular weight excluding hydrogens is 299 g/mol. The molecule has 0 unspecified atom stereocenters. The summed E-state index contributed by atoms with van der Waals surface area (Å²) in [4.78, 5) is 16.1. The predicted molar refractivity (Wildman–Crippen MR) is 79.3 cm³/mol. The summed E-state index contributed by atoms with van der Waals surface area (Å²) < 4.78 is 1.72. The van der Waals surface area contributed by atoms with Crippen LogP contribution in [-0.4, -0.2) is 20.7 Å². The Bertz CT molecular complexity index is 625. The molecule has 2 heterocycles. The Kier molecular flexibility index (Phi) is 4.62. The largest absolute Gasteiger partial charge is 0.305 e. The van der Waals surface area contributed by atoms with Crippen LogP contribution in [0.15, 0.2) is 24.4 Å². The van der Waals surface area contributed by atoms with Gasteiger partial charge in [-0.3, -0.25) is 4.79 Å². The van der Waals surface area contributed by atoms with E-state index in [9.17, 15) is 4.79 Å². The SMILES string of the molecule is CC(C)Cn1nccc1NC(=O)c1nc(Cl)ccc1Cl. The maximum absolute atomic E-state index is 12.2. The molecule has 0 aliphatic carbocycles. The van der Waals surface area contributed by atoms with Crippen LogP contribution in [-0.2, 0) is 6.54 Å². The number of carbonyl (C=O) groups is 1. The minimum absolute atomic E-state index is 0.0939. The highest BCUT2D eigenvalue weighted by Crippen LogP contribution is 2.18. The fraction of sp³-hybridized carbons (Fsp3) is 0.308. The van der Waals surface area contributed by atoms with E-state index in [0.717, 1.165) is 0 Å². The number of nitrogens with one attached hydrogen (secondary N) is 1. The van der Waals surface area contributed by atoms with E-state index in [0.29, 0.717) is 18.3 Å². The quantitative estimate of drug-likeness (QED) is 0.879. The van der Waals surface area contributed by atoms with E-state index in [1.54, 1.807) is 16.9 Å². The molecule has 0 aliphatic rings. The van der Waals surface area contributed by atoms with Crippen LogP contribution in [0.2, 0.25) is 10.2 Å². The van der Waals surface area contributed by atoms with Crippen LogP contribution in [0.3, 0.4) is 0 Å². The molecule has 2 aromatic heterocycles. The first-order chi connectivity index (χ1) is 9.47. The van der Waals surface area contributed by atoms with Crippen molar-refractivity contribution in [2.75, 3.05) is 5.32 Å². The van der Waals surface area contributed by atoms with Gasteiger partial charge in [0.1, 0.15) is 16.7 Å². The Morgan fingerprint density at radius 1 is 1.35 bits per heavy atom. The fourth-order valence-electron chi connectivity index (χ4n) is 1.68. The third-order valence-corrected chi connectivity index (χ3v) is 3.04. The molecule has 20 heavy (non-hydrogen) atoms. The topological polar surface area (TPSA) is 59.8 Å². The van der Waals surface area contributed by atoms with Crippen molar-refractivity contribution < 1.29 is 4.79 Å². The number of aromatic nitrogens is 3. The molecule has 0 atom stereocenters. The second-order valence-corrected chi connectivity index (χ2v) is 5.51. The van der Waals surface area contributed by atoms with Crippen LogP contribution in [0, 0.1) is 5.92 Å². The number of pyridine rings is 1. The van der Waals surface area contributed by atoms with Crippen LogP contribution < -0.4 is 5.32 Å². The molecule has 0 spiro atoms. The van der Waals surface area contributed by atoms with Gasteiger partial charge in [0.25, 0.3) is 5.91 Å². The van der Waals surface area contributed by atoms with E-state index in [2.05, 4.69) is 29.2 Å². The summed E-state index contributed by atoms with van der Waals surface area (Å²) in [6, 6.07) is 4.79. The molecule has 0 aliphatic heterocycles. The Labute approximate surface area is 126 Å². The van der Waals surface area contributed by atoms with Crippen LogP contribution in [0.4, 0.5) is 5.82 Å². The number of amides is 1. The second kappa shape index (κ2) is 6.24. The first-order valence-electron chi connectivity index (χ1n) is 6.12. The van der Waals surface area contributed by atoms with Crippen molar-refractivity contribution in [3.8, 4) is 0 Å². The van der Waals surface area contributed by atoms with Gasteiger partial charge < -0.3 is 5.32 Å². The molecule has 1 N–H and O–H groups in total. The van der Waals surface area contributed by atoms with Crippen molar-refractivity contribution in [1.82, 2.24) is 14.8 Å². The number of rotatable bonds is 4. The summed E-state index contributed by atoms with van der Waals surface area (Å²) in [6.07, 6.45) is 1.63. The lowest BCUT2D eigenvalue weighted by Crippen LogP contribution is -2.18. The maximum Gasteiger partial charge on any atom is 0.277 e. The Morgan fingerprint density at radius 3 is 2.80 bits per heavy atom. The molecule has 0 saturated carbocycles. The number of hydrogen-bond acceptors (Lipinski definition) is 3. The summed E-state index contributed by atoms with van der Waals surface area (Å²) in [5.74, 6) is 0.600. The smallest absolute Gasteiger partial charge is 0.277 e. The van der Waals surface area contributed by atoms with Crippen molar-refractivity contribution >= 4 is 34.9 Å². The Hall–Kier alpha value is -1.59. The summed E-state index contributed by atoms with van der Waals surface area (Å²) >= 11 is 11.7. The zero-order valence-electron chi connectivity index (χ0n) is 11.1. The summed E-state index contributed by atoms with van der Waals surface area (Å²) in [5.41, 5.74) is 0.0939. The van der Waals surface area contributed by atoms with Crippen molar-refractivity contribution in [2.45, 2.75) is 20.4 Å². The van der Waals surface area contributed by atoms with E-state index in [-0.39, 0.29) is 15.9 Å². The molecule has 1 amide bonds. The number of nitrogens with zero attached hydrogens (tertiary/aromatic N) is 3. The van der Waals surface area contributed by atoms with Gasteiger partial charge in [-0.1, -0.05) is 37.0 Å². The van der Waals surface area contributed by atoms with Gasteiger partial charge in [-0.25, -0.2) is 9.67 Å². The third kappa shape index (κ3) is 3.49. The van der Waals surface area contributed by atoms with E-state index >= 15 is 0 Å². The molecule has 0 saturated heterocycles. The van der Waals surface area contributed by atoms with E-state index in [1.165, 1.54) is 12.1 Å². The lowest BCUT2D eigenvalue weighted by Gasteiger charge is -2.11. The minimum atomic E-state index is -0.414. The zero-order valence-corrected chi connectivity index (χ0v) is 12.6.